The highest BCUT2D eigenvalue weighted by atomic mass is 35.5. The van der Waals surface area contributed by atoms with Crippen LogP contribution in [0.25, 0.3) is 0 Å². The van der Waals surface area contributed by atoms with Crippen LogP contribution in [-0.2, 0) is 28.9 Å². The molecule has 1 atom stereocenters. The van der Waals surface area contributed by atoms with Gasteiger partial charge in [0.05, 0.1) is 10.0 Å². The second kappa shape index (κ2) is 12.2. The highest BCUT2D eigenvalue weighted by molar-refractivity contribution is 6.35. The Morgan fingerprint density at radius 1 is 1.23 bits per heavy atom. The van der Waals surface area contributed by atoms with Crippen molar-refractivity contribution in [3.8, 4) is 0 Å². The van der Waals surface area contributed by atoms with E-state index < -0.39 is 12.0 Å². The molecule has 1 aliphatic rings. The Balaban J connectivity index is 1.32. The highest BCUT2D eigenvalue weighted by Gasteiger charge is 2.18. The largest absolute Gasteiger partial charge is 0.480 e. The van der Waals surface area contributed by atoms with Crippen molar-refractivity contribution in [2.75, 3.05) is 25.1 Å². The van der Waals surface area contributed by atoms with Gasteiger partial charge in [-0.3, -0.25) is 9.78 Å². The lowest BCUT2D eigenvalue weighted by molar-refractivity contribution is -0.140. The van der Waals surface area contributed by atoms with Gasteiger partial charge >= 0.3 is 5.97 Å². The summed E-state index contributed by atoms with van der Waals surface area (Å²) in [5.74, 6) is 0.0959. The third-order valence-electron chi connectivity index (χ3n) is 5.25. The molecule has 0 fully saturated rings. The number of nitrogens with zero attached hydrogens (tertiary/aromatic N) is 2. The maximum atomic E-state index is 11.5. The Morgan fingerprint density at radius 2 is 2.03 bits per heavy atom. The average Bonchev–Trinajstić information content (AvgIpc) is 2.76. The Hall–Kier alpha value is -1.93. The van der Waals surface area contributed by atoms with Crippen molar-refractivity contribution in [2.24, 2.45) is 0 Å². The number of halogens is 2. The van der Waals surface area contributed by atoms with Crippen LogP contribution >= 0.6 is 23.2 Å². The second-order valence-corrected chi connectivity index (χ2v) is 8.37. The number of fused-ring (bicyclic) bond motifs is 1. The van der Waals surface area contributed by atoms with Crippen molar-refractivity contribution in [2.45, 2.75) is 51.1 Å². The van der Waals surface area contributed by atoms with E-state index in [1.165, 1.54) is 18.0 Å². The van der Waals surface area contributed by atoms with Gasteiger partial charge in [-0.1, -0.05) is 29.3 Å². The molecule has 1 aliphatic heterocycles. The van der Waals surface area contributed by atoms with Crippen LogP contribution in [0.15, 0.2) is 24.5 Å². The number of rotatable bonds is 12. The summed E-state index contributed by atoms with van der Waals surface area (Å²) in [5, 5.41) is 16.6. The minimum Gasteiger partial charge on any atom is -0.480 e. The van der Waals surface area contributed by atoms with E-state index in [0.717, 1.165) is 50.2 Å². The minimum absolute atomic E-state index is 0.250. The number of carboxylic acid groups (broad SMARTS) is 1. The van der Waals surface area contributed by atoms with Gasteiger partial charge in [0.2, 0.25) is 0 Å². The zero-order valence-corrected chi connectivity index (χ0v) is 18.9. The van der Waals surface area contributed by atoms with E-state index in [2.05, 4.69) is 27.8 Å². The lowest BCUT2D eigenvalue weighted by atomic mass is 10.1. The average molecular weight is 467 g/mol. The summed E-state index contributed by atoms with van der Waals surface area (Å²) >= 11 is 12.2. The van der Waals surface area contributed by atoms with Crippen LogP contribution in [0.4, 0.5) is 5.82 Å². The fourth-order valence-electron chi connectivity index (χ4n) is 3.47. The number of aryl methyl sites for hydroxylation is 2. The molecule has 9 heteroatoms. The van der Waals surface area contributed by atoms with Crippen molar-refractivity contribution in [1.82, 2.24) is 15.3 Å². The van der Waals surface area contributed by atoms with Gasteiger partial charge in [-0.25, -0.2) is 4.98 Å². The molecule has 0 amide bonds. The fraction of sp³-hybridized carbons (Fsp3) is 0.500. The lowest BCUT2D eigenvalue weighted by Crippen LogP contribution is -2.37. The van der Waals surface area contributed by atoms with E-state index in [1.807, 2.05) is 0 Å². The number of aromatic nitrogens is 2. The number of carbonyl (C=O) groups is 1. The Labute approximate surface area is 192 Å². The lowest BCUT2D eigenvalue weighted by Gasteiger charge is -2.17. The topological polar surface area (TPSA) is 96.4 Å². The molecule has 0 radical (unpaired) electrons. The monoisotopic (exact) mass is 466 g/mol. The molecular weight excluding hydrogens is 439 g/mol. The predicted octanol–water partition coefficient (Wildman–Crippen LogP) is 4.11. The first-order valence-corrected chi connectivity index (χ1v) is 11.3. The minimum atomic E-state index is -0.933. The zero-order chi connectivity index (χ0) is 22.1. The van der Waals surface area contributed by atoms with Gasteiger partial charge in [0.15, 0.2) is 0 Å². The number of hydrogen-bond acceptors (Lipinski definition) is 6. The molecule has 0 spiro atoms. The molecule has 0 bridgehead atoms. The molecule has 2 aromatic heterocycles. The van der Waals surface area contributed by atoms with Gasteiger partial charge < -0.3 is 20.5 Å². The zero-order valence-electron chi connectivity index (χ0n) is 17.4. The van der Waals surface area contributed by atoms with Crippen molar-refractivity contribution in [1.29, 1.82) is 0 Å². The summed E-state index contributed by atoms with van der Waals surface area (Å²) in [6.07, 6.45) is 8.37. The Morgan fingerprint density at radius 3 is 2.81 bits per heavy atom. The van der Waals surface area contributed by atoms with Gasteiger partial charge in [0.25, 0.3) is 0 Å². The predicted molar refractivity (Wildman–Crippen MR) is 122 cm³/mol. The summed E-state index contributed by atoms with van der Waals surface area (Å²) in [6.45, 7) is 2.20. The molecule has 0 unspecified atom stereocenters. The number of nitrogens with one attached hydrogen (secondary N) is 2. The summed E-state index contributed by atoms with van der Waals surface area (Å²) in [6, 6.07) is 3.54. The number of hydrogen-bond donors (Lipinski definition) is 3. The SMILES string of the molecule is O=C(O)[C@@H](CCOCCCCc1ccc2c(n1)NCCC2)NCc1c(Cl)cncc1Cl. The summed E-state index contributed by atoms with van der Waals surface area (Å²) < 4.78 is 5.64. The smallest absolute Gasteiger partial charge is 0.320 e. The van der Waals surface area contributed by atoms with Crippen molar-refractivity contribution < 1.29 is 14.6 Å². The van der Waals surface area contributed by atoms with Crippen LogP contribution in [0.5, 0.6) is 0 Å². The van der Waals surface area contributed by atoms with Crippen LogP contribution in [0, 0.1) is 0 Å². The second-order valence-electron chi connectivity index (χ2n) is 7.55. The number of pyridine rings is 2. The van der Waals surface area contributed by atoms with E-state index in [4.69, 9.17) is 32.9 Å². The number of ether oxygens (including phenoxy) is 1. The molecule has 3 N–H and O–H groups in total. The van der Waals surface area contributed by atoms with E-state index in [9.17, 15) is 9.90 Å². The van der Waals surface area contributed by atoms with Crippen molar-refractivity contribution in [3.05, 3.63) is 51.4 Å². The molecule has 0 aromatic carbocycles. The summed E-state index contributed by atoms with van der Waals surface area (Å²) in [5.41, 5.74) is 3.03. The first kappa shape index (κ1) is 23.7. The first-order valence-electron chi connectivity index (χ1n) is 10.6. The van der Waals surface area contributed by atoms with Crippen LogP contribution in [0.3, 0.4) is 0 Å². The molecule has 0 aliphatic carbocycles. The van der Waals surface area contributed by atoms with E-state index >= 15 is 0 Å². The maximum Gasteiger partial charge on any atom is 0.320 e. The third-order valence-corrected chi connectivity index (χ3v) is 5.90. The van der Waals surface area contributed by atoms with Crippen LogP contribution in [0.1, 0.15) is 42.5 Å². The van der Waals surface area contributed by atoms with Gasteiger partial charge in [-0.05, 0) is 50.2 Å². The number of aliphatic carboxylic acids is 1. The van der Waals surface area contributed by atoms with Crippen LogP contribution in [0.2, 0.25) is 10.0 Å². The van der Waals surface area contributed by atoms with Crippen LogP contribution < -0.4 is 10.6 Å². The van der Waals surface area contributed by atoms with Gasteiger partial charge in [-0.2, -0.15) is 0 Å². The molecule has 3 heterocycles. The quantitative estimate of drug-likeness (QED) is 0.404. The molecule has 0 saturated carbocycles. The normalized spacial score (nSPS) is 14.0. The molecule has 3 rings (SSSR count). The van der Waals surface area contributed by atoms with E-state index in [-0.39, 0.29) is 6.54 Å². The van der Waals surface area contributed by atoms with Gasteiger partial charge in [0, 0.05) is 50.0 Å². The summed E-state index contributed by atoms with van der Waals surface area (Å²) in [7, 11) is 0. The molecule has 2 aromatic rings. The van der Waals surface area contributed by atoms with E-state index in [1.54, 1.807) is 0 Å². The number of anilines is 1. The standard InChI is InChI=1S/C22H28Cl2N4O3/c23-18-13-25-14-19(24)17(18)12-27-20(22(29)30)8-11-31-10-2-1-5-16-7-6-15-4-3-9-26-21(15)28-16/h6-7,13-14,20,27H,1-5,8-12H2,(H,26,28)(H,29,30)/t20-/m1/s1. The van der Waals surface area contributed by atoms with Crippen molar-refractivity contribution in [3.63, 3.8) is 0 Å². The maximum absolute atomic E-state index is 11.5. The van der Waals surface area contributed by atoms with Crippen molar-refractivity contribution >= 4 is 35.0 Å². The third kappa shape index (κ3) is 7.31. The molecule has 0 saturated heterocycles. The molecule has 31 heavy (non-hydrogen) atoms. The molecule has 168 valence electrons. The van der Waals surface area contributed by atoms with E-state index in [0.29, 0.717) is 35.2 Å². The number of carboxylic acids is 1. The van der Waals surface area contributed by atoms with Crippen LogP contribution in [-0.4, -0.2) is 46.8 Å². The first-order chi connectivity index (χ1) is 15.0. The number of unbranched alkanes of at least 4 members (excludes halogenated alkanes) is 1. The highest BCUT2D eigenvalue weighted by Crippen LogP contribution is 2.23. The van der Waals surface area contributed by atoms with Gasteiger partial charge in [-0.15, -0.1) is 0 Å². The summed E-state index contributed by atoms with van der Waals surface area (Å²) in [4.78, 5) is 20.1. The Bertz CT molecular complexity index is 862. The molecule has 7 nitrogen and oxygen atoms in total. The fourth-order valence-corrected chi connectivity index (χ4v) is 3.96. The van der Waals surface area contributed by atoms with Gasteiger partial charge in [0.1, 0.15) is 11.9 Å². The Kier molecular flexibility index (Phi) is 9.33. The molecular formula is C22H28Cl2N4O3.